The van der Waals surface area contributed by atoms with Gasteiger partial charge in [-0.1, -0.05) is 41.5 Å². The molecule has 2 unspecified atom stereocenters. The molecule has 1 heterocycles. The first-order chi connectivity index (χ1) is 6.20. The highest BCUT2D eigenvalue weighted by molar-refractivity contribution is 4.87. The van der Waals surface area contributed by atoms with Crippen LogP contribution in [0.1, 0.15) is 54.4 Å². The van der Waals surface area contributed by atoms with E-state index in [1.807, 2.05) is 0 Å². The van der Waals surface area contributed by atoms with Crippen LogP contribution in [0.3, 0.4) is 0 Å². The van der Waals surface area contributed by atoms with Crippen LogP contribution in [0.25, 0.3) is 0 Å². The minimum atomic E-state index is 0.387. The Bertz CT molecular complexity index is 182. The van der Waals surface area contributed by atoms with Gasteiger partial charge in [0, 0.05) is 6.61 Å². The standard InChI is InChI=1S/C13H26O/c1-12(2,3)9-11-10(7-8-14-11)13(4,5)6/h10-11H,7-9H2,1-6H3. The smallest absolute Gasteiger partial charge is 0.0614 e. The van der Waals surface area contributed by atoms with Gasteiger partial charge in [-0.25, -0.2) is 0 Å². The second-order valence-electron chi connectivity index (χ2n) is 6.94. The van der Waals surface area contributed by atoms with Gasteiger partial charge in [0.2, 0.25) is 0 Å². The third-order valence-corrected chi connectivity index (χ3v) is 3.14. The molecule has 84 valence electrons. The Balaban J connectivity index is 2.61. The Kier molecular flexibility index (Phi) is 3.30. The van der Waals surface area contributed by atoms with E-state index in [4.69, 9.17) is 4.74 Å². The molecule has 0 radical (unpaired) electrons. The number of rotatable bonds is 1. The Morgan fingerprint density at radius 1 is 1.07 bits per heavy atom. The molecule has 0 N–H and O–H groups in total. The molecule has 1 rings (SSSR count). The largest absolute Gasteiger partial charge is 0.378 e. The SMILES string of the molecule is CC(C)(C)CC1OCCC1C(C)(C)C. The third-order valence-electron chi connectivity index (χ3n) is 3.14. The van der Waals surface area contributed by atoms with Crippen molar-refractivity contribution >= 4 is 0 Å². The van der Waals surface area contributed by atoms with Crippen molar-refractivity contribution in [1.82, 2.24) is 0 Å². The predicted molar refractivity (Wildman–Crippen MR) is 61.4 cm³/mol. The highest BCUT2D eigenvalue weighted by Gasteiger charge is 2.38. The van der Waals surface area contributed by atoms with E-state index in [9.17, 15) is 0 Å². The topological polar surface area (TPSA) is 9.23 Å². The molecule has 0 bridgehead atoms. The Morgan fingerprint density at radius 3 is 2.07 bits per heavy atom. The Morgan fingerprint density at radius 2 is 1.64 bits per heavy atom. The fraction of sp³-hybridized carbons (Fsp3) is 1.00. The second-order valence-corrected chi connectivity index (χ2v) is 6.94. The first-order valence-corrected chi connectivity index (χ1v) is 5.82. The second kappa shape index (κ2) is 3.84. The maximum Gasteiger partial charge on any atom is 0.0614 e. The van der Waals surface area contributed by atoms with Crippen molar-refractivity contribution in [3.05, 3.63) is 0 Å². The zero-order valence-electron chi connectivity index (χ0n) is 10.7. The van der Waals surface area contributed by atoms with Gasteiger partial charge in [0.05, 0.1) is 6.10 Å². The molecule has 0 saturated carbocycles. The molecule has 0 aromatic heterocycles. The number of ether oxygens (including phenoxy) is 1. The van der Waals surface area contributed by atoms with E-state index in [0.717, 1.165) is 12.5 Å². The van der Waals surface area contributed by atoms with Crippen LogP contribution in [0.5, 0.6) is 0 Å². The zero-order chi connectivity index (χ0) is 11.0. The molecule has 0 aliphatic carbocycles. The van der Waals surface area contributed by atoms with Crippen molar-refractivity contribution < 1.29 is 4.74 Å². The van der Waals surface area contributed by atoms with Crippen LogP contribution in [-0.4, -0.2) is 12.7 Å². The quantitative estimate of drug-likeness (QED) is 0.621. The van der Waals surface area contributed by atoms with Gasteiger partial charge < -0.3 is 4.74 Å². The maximum absolute atomic E-state index is 5.87. The molecular formula is C13H26O. The Hall–Kier alpha value is -0.0400. The van der Waals surface area contributed by atoms with Gasteiger partial charge in [0.15, 0.2) is 0 Å². The van der Waals surface area contributed by atoms with Crippen LogP contribution in [0.2, 0.25) is 0 Å². The molecule has 0 amide bonds. The van der Waals surface area contributed by atoms with Crippen molar-refractivity contribution in [3.8, 4) is 0 Å². The van der Waals surface area contributed by atoms with Crippen molar-refractivity contribution in [3.63, 3.8) is 0 Å². The van der Waals surface area contributed by atoms with Gasteiger partial charge in [0.25, 0.3) is 0 Å². The first kappa shape index (κ1) is 12.0. The summed E-state index contributed by atoms with van der Waals surface area (Å²) in [4.78, 5) is 0. The van der Waals surface area contributed by atoms with Gasteiger partial charge in [0.1, 0.15) is 0 Å². The lowest BCUT2D eigenvalue weighted by atomic mass is 9.73. The molecule has 1 aliphatic heterocycles. The summed E-state index contributed by atoms with van der Waals surface area (Å²) in [5.74, 6) is 0.738. The van der Waals surface area contributed by atoms with Crippen LogP contribution in [-0.2, 0) is 4.74 Å². The molecule has 0 spiro atoms. The highest BCUT2D eigenvalue weighted by Crippen LogP contribution is 2.41. The summed E-state index contributed by atoms with van der Waals surface area (Å²) >= 11 is 0. The molecule has 2 atom stereocenters. The molecule has 1 saturated heterocycles. The summed E-state index contributed by atoms with van der Waals surface area (Å²) in [7, 11) is 0. The van der Waals surface area contributed by atoms with Crippen molar-refractivity contribution in [2.24, 2.45) is 16.7 Å². The van der Waals surface area contributed by atoms with Crippen LogP contribution in [0, 0.1) is 16.7 Å². The summed E-state index contributed by atoms with van der Waals surface area (Å²) in [5.41, 5.74) is 0.783. The average molecular weight is 198 g/mol. The van der Waals surface area contributed by atoms with Gasteiger partial charge >= 0.3 is 0 Å². The van der Waals surface area contributed by atoms with E-state index >= 15 is 0 Å². The maximum atomic E-state index is 5.87. The van der Waals surface area contributed by atoms with E-state index in [-0.39, 0.29) is 0 Å². The van der Waals surface area contributed by atoms with E-state index < -0.39 is 0 Å². The van der Waals surface area contributed by atoms with Crippen molar-refractivity contribution in [1.29, 1.82) is 0 Å². The lowest BCUT2D eigenvalue weighted by Crippen LogP contribution is -2.31. The lowest BCUT2D eigenvalue weighted by Gasteiger charge is -2.34. The minimum absolute atomic E-state index is 0.387. The highest BCUT2D eigenvalue weighted by atomic mass is 16.5. The number of hydrogen-bond donors (Lipinski definition) is 0. The molecule has 0 aromatic carbocycles. The van der Waals surface area contributed by atoms with Crippen LogP contribution in [0.4, 0.5) is 0 Å². The number of hydrogen-bond acceptors (Lipinski definition) is 1. The zero-order valence-corrected chi connectivity index (χ0v) is 10.7. The average Bonchev–Trinajstić information content (AvgIpc) is 2.29. The molecule has 0 aromatic rings. The molecule has 1 fully saturated rings. The summed E-state index contributed by atoms with van der Waals surface area (Å²) in [6.07, 6.45) is 2.91. The Labute approximate surface area is 89.2 Å². The normalized spacial score (nSPS) is 29.6. The third kappa shape index (κ3) is 3.27. The first-order valence-electron chi connectivity index (χ1n) is 5.82. The van der Waals surface area contributed by atoms with E-state index in [1.54, 1.807) is 0 Å². The lowest BCUT2D eigenvalue weighted by molar-refractivity contribution is 0.0284. The molecule has 1 heteroatoms. The van der Waals surface area contributed by atoms with Gasteiger partial charge in [-0.2, -0.15) is 0 Å². The molecular weight excluding hydrogens is 172 g/mol. The summed E-state index contributed by atoms with van der Waals surface area (Å²) < 4.78 is 5.87. The fourth-order valence-corrected chi connectivity index (χ4v) is 2.44. The monoisotopic (exact) mass is 198 g/mol. The summed E-state index contributed by atoms with van der Waals surface area (Å²) in [6.45, 7) is 14.9. The van der Waals surface area contributed by atoms with Crippen LogP contribution in [0.15, 0.2) is 0 Å². The van der Waals surface area contributed by atoms with E-state index in [2.05, 4.69) is 41.5 Å². The van der Waals surface area contributed by atoms with Gasteiger partial charge in [-0.3, -0.25) is 0 Å². The van der Waals surface area contributed by atoms with Gasteiger partial charge in [-0.05, 0) is 29.6 Å². The molecule has 1 nitrogen and oxygen atoms in total. The van der Waals surface area contributed by atoms with Crippen LogP contribution >= 0.6 is 0 Å². The molecule has 14 heavy (non-hydrogen) atoms. The fourth-order valence-electron chi connectivity index (χ4n) is 2.44. The van der Waals surface area contributed by atoms with Crippen LogP contribution < -0.4 is 0 Å². The predicted octanol–water partition coefficient (Wildman–Crippen LogP) is 3.87. The van der Waals surface area contributed by atoms with Crippen molar-refractivity contribution in [2.75, 3.05) is 6.61 Å². The van der Waals surface area contributed by atoms with Gasteiger partial charge in [-0.15, -0.1) is 0 Å². The summed E-state index contributed by atoms with van der Waals surface area (Å²) in [6, 6.07) is 0. The van der Waals surface area contributed by atoms with E-state index in [0.29, 0.717) is 16.9 Å². The minimum Gasteiger partial charge on any atom is -0.378 e. The summed E-state index contributed by atoms with van der Waals surface area (Å²) in [5, 5.41) is 0. The van der Waals surface area contributed by atoms with E-state index in [1.165, 1.54) is 12.8 Å². The molecule has 1 aliphatic rings. The van der Waals surface area contributed by atoms with Crippen molar-refractivity contribution in [2.45, 2.75) is 60.5 Å².